The van der Waals surface area contributed by atoms with Gasteiger partial charge in [0.05, 0.1) is 5.69 Å². The van der Waals surface area contributed by atoms with Crippen molar-refractivity contribution in [1.29, 1.82) is 0 Å². The van der Waals surface area contributed by atoms with E-state index in [0.29, 0.717) is 11.7 Å². The molecule has 1 N–H and O–H groups in total. The highest BCUT2D eigenvalue weighted by Gasteiger charge is 2.27. The third kappa shape index (κ3) is 1.20. The Morgan fingerprint density at radius 1 is 1.45 bits per heavy atom. The molecule has 2 nitrogen and oxygen atoms in total. The molecule has 11 heavy (non-hydrogen) atoms. The fraction of sp³-hybridized carbons (Fsp3) is 0.444. The van der Waals surface area contributed by atoms with Crippen molar-refractivity contribution in [2.75, 3.05) is 0 Å². The summed E-state index contributed by atoms with van der Waals surface area (Å²) in [4.78, 5) is 4.28. The van der Waals surface area contributed by atoms with Gasteiger partial charge in [0.1, 0.15) is 5.75 Å². The summed E-state index contributed by atoms with van der Waals surface area (Å²) in [5.41, 5.74) is 1.88. The van der Waals surface area contributed by atoms with E-state index >= 15 is 0 Å². The van der Waals surface area contributed by atoms with Crippen LogP contribution in [0.2, 0.25) is 0 Å². The van der Waals surface area contributed by atoms with Crippen LogP contribution < -0.4 is 0 Å². The van der Waals surface area contributed by atoms with Crippen molar-refractivity contribution in [1.82, 2.24) is 4.98 Å². The Bertz CT molecular complexity index is 279. The van der Waals surface area contributed by atoms with Gasteiger partial charge in [0.25, 0.3) is 0 Å². The molecule has 1 aliphatic carbocycles. The number of pyridine rings is 1. The van der Waals surface area contributed by atoms with Gasteiger partial charge in [-0.3, -0.25) is 4.98 Å². The highest BCUT2D eigenvalue weighted by molar-refractivity contribution is 5.32. The first-order chi connectivity index (χ1) is 5.27. The molecule has 0 spiro atoms. The van der Waals surface area contributed by atoms with Gasteiger partial charge in [0.15, 0.2) is 0 Å². The Labute approximate surface area is 65.9 Å². The van der Waals surface area contributed by atoms with Crippen LogP contribution in [0.4, 0.5) is 0 Å². The van der Waals surface area contributed by atoms with Crippen LogP contribution in [0.25, 0.3) is 0 Å². The largest absolute Gasteiger partial charge is 0.506 e. The Morgan fingerprint density at radius 3 is 2.82 bits per heavy atom. The number of aryl methyl sites for hydroxylation is 1. The van der Waals surface area contributed by atoms with E-state index in [4.69, 9.17) is 0 Å². The molecule has 1 aromatic rings. The van der Waals surface area contributed by atoms with E-state index in [-0.39, 0.29) is 0 Å². The maximum atomic E-state index is 9.38. The second-order valence-electron chi connectivity index (χ2n) is 3.13. The zero-order chi connectivity index (χ0) is 7.84. The summed E-state index contributed by atoms with van der Waals surface area (Å²) in [6.45, 7) is 1.95. The molecule has 0 unspecified atom stereocenters. The molecule has 0 amide bonds. The molecule has 1 fully saturated rings. The summed E-state index contributed by atoms with van der Waals surface area (Å²) < 4.78 is 0. The van der Waals surface area contributed by atoms with Crippen LogP contribution in [0.15, 0.2) is 12.1 Å². The maximum Gasteiger partial charge on any atom is 0.137 e. The lowest BCUT2D eigenvalue weighted by atomic mass is 10.2. The zero-order valence-corrected chi connectivity index (χ0v) is 6.54. The minimum atomic E-state index is 0.359. The minimum absolute atomic E-state index is 0.359. The van der Waals surface area contributed by atoms with Crippen molar-refractivity contribution >= 4 is 0 Å². The van der Waals surface area contributed by atoms with Crippen molar-refractivity contribution in [2.24, 2.45) is 0 Å². The van der Waals surface area contributed by atoms with E-state index in [1.807, 2.05) is 13.0 Å². The number of hydrogen-bond donors (Lipinski definition) is 1. The molecule has 0 atom stereocenters. The Balaban J connectivity index is 2.42. The quantitative estimate of drug-likeness (QED) is 0.662. The molecule has 0 saturated heterocycles. The lowest BCUT2D eigenvalue weighted by molar-refractivity contribution is 0.464. The molecule has 0 aromatic carbocycles. The van der Waals surface area contributed by atoms with Gasteiger partial charge in [-0.2, -0.15) is 0 Å². The number of aromatic hydroxyl groups is 1. The third-order valence-corrected chi connectivity index (χ3v) is 2.01. The normalized spacial score (nSPS) is 16.8. The molecule has 0 bridgehead atoms. The lowest BCUT2D eigenvalue weighted by Gasteiger charge is -2.01. The van der Waals surface area contributed by atoms with Gasteiger partial charge in [-0.15, -0.1) is 0 Å². The second-order valence-corrected chi connectivity index (χ2v) is 3.13. The van der Waals surface area contributed by atoms with E-state index in [2.05, 4.69) is 4.98 Å². The van der Waals surface area contributed by atoms with Crippen molar-refractivity contribution in [2.45, 2.75) is 25.7 Å². The van der Waals surface area contributed by atoms with Crippen LogP contribution in [-0.2, 0) is 0 Å². The average Bonchev–Trinajstić information content (AvgIpc) is 2.76. The topological polar surface area (TPSA) is 33.1 Å². The third-order valence-electron chi connectivity index (χ3n) is 2.01. The van der Waals surface area contributed by atoms with Gasteiger partial charge in [0, 0.05) is 11.6 Å². The van der Waals surface area contributed by atoms with Crippen LogP contribution in [0.1, 0.15) is 30.1 Å². The van der Waals surface area contributed by atoms with Crippen LogP contribution in [0.5, 0.6) is 5.75 Å². The first-order valence-corrected chi connectivity index (χ1v) is 3.94. The summed E-state index contributed by atoms with van der Waals surface area (Å²) in [5.74, 6) is 0.896. The zero-order valence-electron chi connectivity index (χ0n) is 6.54. The summed E-state index contributed by atoms with van der Waals surface area (Å²) in [6, 6.07) is 3.57. The van der Waals surface area contributed by atoms with E-state index in [0.717, 1.165) is 11.4 Å². The van der Waals surface area contributed by atoms with Crippen molar-refractivity contribution in [3.05, 3.63) is 23.5 Å². The Kier molecular flexibility index (Phi) is 1.34. The number of nitrogens with zero attached hydrogens (tertiary/aromatic N) is 1. The van der Waals surface area contributed by atoms with Gasteiger partial charge in [-0.1, -0.05) is 0 Å². The van der Waals surface area contributed by atoms with Crippen LogP contribution >= 0.6 is 0 Å². The number of aromatic nitrogens is 1. The van der Waals surface area contributed by atoms with Crippen LogP contribution in [-0.4, -0.2) is 10.1 Å². The minimum Gasteiger partial charge on any atom is -0.506 e. The van der Waals surface area contributed by atoms with Crippen LogP contribution in [0, 0.1) is 6.92 Å². The molecule has 1 heterocycles. The number of hydrogen-bond acceptors (Lipinski definition) is 2. The van der Waals surface area contributed by atoms with Gasteiger partial charge in [-0.05, 0) is 31.9 Å². The Hall–Kier alpha value is -1.05. The van der Waals surface area contributed by atoms with Crippen molar-refractivity contribution in [3.8, 4) is 5.75 Å². The smallest absolute Gasteiger partial charge is 0.137 e. The highest BCUT2D eigenvalue weighted by atomic mass is 16.3. The van der Waals surface area contributed by atoms with Gasteiger partial charge >= 0.3 is 0 Å². The molecule has 2 heteroatoms. The van der Waals surface area contributed by atoms with Gasteiger partial charge in [-0.25, -0.2) is 0 Å². The molecule has 2 rings (SSSR count). The predicted molar refractivity (Wildman–Crippen MR) is 42.6 cm³/mol. The average molecular weight is 149 g/mol. The molecule has 0 radical (unpaired) electrons. The molecule has 1 aromatic heterocycles. The van der Waals surface area contributed by atoms with E-state index < -0.39 is 0 Å². The van der Waals surface area contributed by atoms with E-state index in [1.165, 1.54) is 12.8 Å². The summed E-state index contributed by atoms with van der Waals surface area (Å²) in [6.07, 6.45) is 2.37. The Morgan fingerprint density at radius 2 is 2.18 bits per heavy atom. The first kappa shape index (κ1) is 6.65. The van der Waals surface area contributed by atoms with Crippen LogP contribution in [0.3, 0.4) is 0 Å². The molecular formula is C9H11NO. The molecular weight excluding hydrogens is 138 g/mol. The first-order valence-electron chi connectivity index (χ1n) is 3.94. The standard InChI is InChI=1S/C9H11NO/c1-6-2-5-8(11)9(10-6)7-3-4-7/h2,5,7,11H,3-4H2,1H3. The van der Waals surface area contributed by atoms with Gasteiger partial charge in [0.2, 0.25) is 0 Å². The molecule has 58 valence electrons. The second kappa shape index (κ2) is 2.22. The molecule has 0 aliphatic heterocycles. The van der Waals surface area contributed by atoms with E-state index in [1.54, 1.807) is 6.07 Å². The SMILES string of the molecule is Cc1ccc(O)c(C2CC2)n1. The fourth-order valence-corrected chi connectivity index (χ4v) is 1.23. The summed E-state index contributed by atoms with van der Waals surface area (Å²) >= 11 is 0. The van der Waals surface area contributed by atoms with Gasteiger partial charge < -0.3 is 5.11 Å². The highest BCUT2D eigenvalue weighted by Crippen LogP contribution is 2.42. The molecule has 1 aliphatic rings. The van der Waals surface area contributed by atoms with Crippen molar-refractivity contribution < 1.29 is 5.11 Å². The number of rotatable bonds is 1. The summed E-state index contributed by atoms with van der Waals surface area (Å²) in [5, 5.41) is 9.38. The monoisotopic (exact) mass is 149 g/mol. The fourth-order valence-electron chi connectivity index (χ4n) is 1.23. The van der Waals surface area contributed by atoms with Crippen molar-refractivity contribution in [3.63, 3.8) is 0 Å². The molecule has 1 saturated carbocycles. The maximum absolute atomic E-state index is 9.38. The van der Waals surface area contributed by atoms with E-state index in [9.17, 15) is 5.11 Å². The summed E-state index contributed by atoms with van der Waals surface area (Å²) in [7, 11) is 0. The lowest BCUT2D eigenvalue weighted by Crippen LogP contribution is -1.89. The predicted octanol–water partition coefficient (Wildman–Crippen LogP) is 1.97.